The molecule has 15 heavy (non-hydrogen) atoms. The van der Waals surface area contributed by atoms with E-state index in [0.29, 0.717) is 0 Å². The molecule has 0 aromatic heterocycles. The third kappa shape index (κ3) is 3.24. The zero-order valence-electron chi connectivity index (χ0n) is 7.78. The molecule has 0 radical (unpaired) electrons. The highest BCUT2D eigenvalue weighted by Crippen LogP contribution is 2.15. The van der Waals surface area contributed by atoms with Crippen LogP contribution in [0, 0.1) is 11.6 Å². The summed E-state index contributed by atoms with van der Waals surface area (Å²) in [5, 5.41) is 8.45. The van der Waals surface area contributed by atoms with E-state index in [-0.39, 0.29) is 0 Å². The van der Waals surface area contributed by atoms with Gasteiger partial charge >= 0.3 is 0 Å². The minimum absolute atomic E-state index is 0.481. The lowest BCUT2D eigenvalue weighted by molar-refractivity contribution is 0.319. The first-order chi connectivity index (χ1) is 6.96. The molecule has 0 spiro atoms. The Labute approximate surface area is 86.3 Å². The Morgan fingerprint density at radius 1 is 1.20 bits per heavy atom. The van der Waals surface area contributed by atoms with Crippen LogP contribution in [0.4, 0.5) is 8.78 Å². The standard InChI is InChI=1S/C9H10F2O3S/c10-8-2-1-3-9(11)7(8)6-15(13,14)5-4-12/h1-3,12H,4-6H2. The first kappa shape index (κ1) is 12.1. The molecule has 0 aliphatic carbocycles. The molecule has 3 nitrogen and oxygen atoms in total. The zero-order valence-corrected chi connectivity index (χ0v) is 8.60. The molecule has 0 aliphatic rings. The van der Waals surface area contributed by atoms with Gasteiger partial charge in [0.2, 0.25) is 0 Å². The van der Waals surface area contributed by atoms with Crippen LogP contribution in [0.15, 0.2) is 18.2 Å². The van der Waals surface area contributed by atoms with Crippen LogP contribution in [-0.2, 0) is 15.6 Å². The van der Waals surface area contributed by atoms with Crippen LogP contribution in [0.1, 0.15) is 5.56 Å². The van der Waals surface area contributed by atoms with Crippen molar-refractivity contribution in [1.82, 2.24) is 0 Å². The molecule has 0 amide bonds. The molecule has 6 heteroatoms. The zero-order chi connectivity index (χ0) is 11.5. The average molecular weight is 236 g/mol. The van der Waals surface area contributed by atoms with Gasteiger partial charge < -0.3 is 5.11 Å². The predicted molar refractivity (Wildman–Crippen MR) is 50.9 cm³/mol. The fraction of sp³-hybridized carbons (Fsp3) is 0.333. The van der Waals surface area contributed by atoms with Gasteiger partial charge in [-0.05, 0) is 12.1 Å². The van der Waals surface area contributed by atoms with Crippen molar-refractivity contribution in [2.45, 2.75) is 5.75 Å². The molecule has 0 fully saturated rings. The van der Waals surface area contributed by atoms with Gasteiger partial charge in [-0.1, -0.05) is 6.07 Å². The predicted octanol–water partition coefficient (Wildman–Crippen LogP) is 0.872. The number of benzene rings is 1. The lowest BCUT2D eigenvalue weighted by Crippen LogP contribution is -2.14. The topological polar surface area (TPSA) is 54.4 Å². The minimum atomic E-state index is -3.66. The number of sulfone groups is 1. The fourth-order valence-electron chi connectivity index (χ4n) is 1.10. The van der Waals surface area contributed by atoms with Crippen LogP contribution in [0.2, 0.25) is 0 Å². The SMILES string of the molecule is O=S(=O)(CCO)Cc1c(F)cccc1F. The molecular weight excluding hydrogens is 226 g/mol. The first-order valence-corrected chi connectivity index (χ1v) is 6.02. The highest BCUT2D eigenvalue weighted by Gasteiger charge is 2.17. The van der Waals surface area contributed by atoms with E-state index in [1.807, 2.05) is 0 Å². The van der Waals surface area contributed by atoms with E-state index >= 15 is 0 Å². The fourth-order valence-corrected chi connectivity index (χ4v) is 2.24. The van der Waals surface area contributed by atoms with Gasteiger partial charge in [0.1, 0.15) is 11.6 Å². The molecule has 1 aromatic rings. The maximum Gasteiger partial charge on any atom is 0.156 e. The maximum absolute atomic E-state index is 13.1. The molecule has 0 saturated carbocycles. The van der Waals surface area contributed by atoms with Crippen molar-refractivity contribution in [3.63, 3.8) is 0 Å². The van der Waals surface area contributed by atoms with Crippen molar-refractivity contribution in [2.24, 2.45) is 0 Å². The third-order valence-corrected chi connectivity index (χ3v) is 3.36. The van der Waals surface area contributed by atoms with E-state index in [1.165, 1.54) is 0 Å². The summed E-state index contributed by atoms with van der Waals surface area (Å²) >= 11 is 0. The Bertz CT molecular complexity index is 422. The highest BCUT2D eigenvalue weighted by atomic mass is 32.2. The van der Waals surface area contributed by atoms with Crippen molar-refractivity contribution in [3.05, 3.63) is 35.4 Å². The molecule has 84 valence electrons. The molecule has 0 atom stereocenters. The van der Waals surface area contributed by atoms with Crippen LogP contribution in [0.5, 0.6) is 0 Å². The van der Waals surface area contributed by atoms with Crippen LogP contribution in [0.25, 0.3) is 0 Å². The largest absolute Gasteiger partial charge is 0.395 e. The monoisotopic (exact) mass is 236 g/mol. The number of aliphatic hydroxyl groups is 1. The van der Waals surface area contributed by atoms with Crippen molar-refractivity contribution >= 4 is 9.84 Å². The summed E-state index contributed by atoms with van der Waals surface area (Å²) in [6, 6.07) is 3.15. The molecule has 1 aromatic carbocycles. The lowest BCUT2D eigenvalue weighted by Gasteiger charge is -2.05. The van der Waals surface area contributed by atoms with Crippen LogP contribution >= 0.6 is 0 Å². The summed E-state index contributed by atoms with van der Waals surface area (Å²) in [5.41, 5.74) is -0.481. The summed E-state index contributed by atoms with van der Waals surface area (Å²) in [7, 11) is -3.66. The van der Waals surface area contributed by atoms with E-state index in [4.69, 9.17) is 5.11 Å². The van der Waals surface area contributed by atoms with Crippen molar-refractivity contribution in [3.8, 4) is 0 Å². The van der Waals surface area contributed by atoms with Crippen LogP contribution in [-0.4, -0.2) is 25.9 Å². The molecule has 0 heterocycles. The lowest BCUT2D eigenvalue weighted by atomic mass is 10.2. The normalized spacial score (nSPS) is 11.7. The molecule has 0 aliphatic heterocycles. The summed E-state index contributed by atoms with van der Waals surface area (Å²) in [6.07, 6.45) is 0. The molecule has 1 N–H and O–H groups in total. The highest BCUT2D eigenvalue weighted by molar-refractivity contribution is 7.90. The van der Waals surface area contributed by atoms with Crippen LogP contribution in [0.3, 0.4) is 0 Å². The summed E-state index contributed by atoms with van der Waals surface area (Å²) < 4.78 is 48.5. The third-order valence-electron chi connectivity index (χ3n) is 1.83. The van der Waals surface area contributed by atoms with Crippen LogP contribution < -0.4 is 0 Å². The Morgan fingerprint density at radius 3 is 2.20 bits per heavy atom. The van der Waals surface area contributed by atoms with Gasteiger partial charge in [-0.3, -0.25) is 0 Å². The van der Waals surface area contributed by atoms with Gasteiger partial charge in [0.15, 0.2) is 9.84 Å². The van der Waals surface area contributed by atoms with Gasteiger partial charge in [0.05, 0.1) is 18.1 Å². The van der Waals surface area contributed by atoms with Gasteiger partial charge in [0.25, 0.3) is 0 Å². The van der Waals surface area contributed by atoms with Gasteiger partial charge in [-0.2, -0.15) is 0 Å². The Balaban J connectivity index is 2.99. The molecule has 0 saturated heterocycles. The Kier molecular flexibility index (Phi) is 3.76. The summed E-state index contributed by atoms with van der Waals surface area (Å²) in [6.45, 7) is -0.557. The van der Waals surface area contributed by atoms with E-state index in [9.17, 15) is 17.2 Å². The molecular formula is C9H10F2O3S. The second-order valence-corrected chi connectivity index (χ2v) is 5.20. The number of aliphatic hydroxyl groups excluding tert-OH is 1. The number of rotatable bonds is 4. The van der Waals surface area contributed by atoms with E-state index in [2.05, 4.69) is 0 Å². The second-order valence-electron chi connectivity index (χ2n) is 3.02. The average Bonchev–Trinajstić information content (AvgIpc) is 2.11. The number of hydrogen-bond donors (Lipinski definition) is 1. The molecule has 0 unspecified atom stereocenters. The maximum atomic E-state index is 13.1. The Hall–Kier alpha value is -1.01. The number of hydrogen-bond acceptors (Lipinski definition) is 3. The van der Waals surface area contributed by atoms with Crippen molar-refractivity contribution in [1.29, 1.82) is 0 Å². The number of halogens is 2. The molecule has 1 rings (SSSR count). The van der Waals surface area contributed by atoms with Gasteiger partial charge in [0, 0.05) is 5.56 Å². The summed E-state index contributed by atoms with van der Waals surface area (Å²) in [4.78, 5) is 0. The Morgan fingerprint density at radius 2 is 1.73 bits per heavy atom. The van der Waals surface area contributed by atoms with Crippen molar-refractivity contribution < 1.29 is 22.3 Å². The van der Waals surface area contributed by atoms with E-state index in [1.54, 1.807) is 0 Å². The smallest absolute Gasteiger partial charge is 0.156 e. The molecule has 0 bridgehead atoms. The minimum Gasteiger partial charge on any atom is -0.395 e. The first-order valence-electron chi connectivity index (χ1n) is 4.20. The van der Waals surface area contributed by atoms with Gasteiger partial charge in [-0.25, -0.2) is 17.2 Å². The summed E-state index contributed by atoms with van der Waals surface area (Å²) in [5.74, 6) is -3.01. The van der Waals surface area contributed by atoms with E-state index in [0.717, 1.165) is 18.2 Å². The van der Waals surface area contributed by atoms with E-state index < -0.39 is 45.1 Å². The quantitative estimate of drug-likeness (QED) is 0.844. The second kappa shape index (κ2) is 4.67. The van der Waals surface area contributed by atoms with Crippen molar-refractivity contribution in [2.75, 3.05) is 12.4 Å². The van der Waals surface area contributed by atoms with Gasteiger partial charge in [-0.15, -0.1) is 0 Å².